The normalized spacial score (nSPS) is 12.9. The van der Waals surface area contributed by atoms with Crippen molar-refractivity contribution >= 4 is 29.7 Å². The molecule has 10 heteroatoms. The van der Waals surface area contributed by atoms with E-state index in [9.17, 15) is 14.4 Å². The maximum Gasteiger partial charge on any atom is 0.407 e. The lowest BCUT2D eigenvalue weighted by atomic mass is 9.98. The predicted molar refractivity (Wildman–Crippen MR) is 180 cm³/mol. The van der Waals surface area contributed by atoms with Gasteiger partial charge in [0, 0.05) is 29.1 Å². The molecule has 0 radical (unpaired) electrons. The van der Waals surface area contributed by atoms with Crippen molar-refractivity contribution in [2.45, 2.75) is 31.0 Å². The van der Waals surface area contributed by atoms with Crippen LogP contribution in [0.25, 0.3) is 11.1 Å². The van der Waals surface area contributed by atoms with Crippen molar-refractivity contribution in [1.82, 2.24) is 10.2 Å². The van der Waals surface area contributed by atoms with Crippen molar-refractivity contribution < 1.29 is 33.3 Å². The molecule has 1 N–H and O–H groups in total. The molecule has 0 fully saturated rings. The van der Waals surface area contributed by atoms with Crippen LogP contribution in [0.3, 0.4) is 0 Å². The Morgan fingerprint density at radius 3 is 2.20 bits per heavy atom. The van der Waals surface area contributed by atoms with Crippen LogP contribution >= 0.6 is 11.8 Å². The summed E-state index contributed by atoms with van der Waals surface area (Å²) in [5.74, 6) is 0.632. The van der Waals surface area contributed by atoms with E-state index in [1.165, 1.54) is 37.0 Å². The average molecular weight is 645 g/mol. The maximum atomic E-state index is 14.3. The number of carbonyl (C=O) groups excluding carboxylic acids is 3. The molecular formula is C36H40N2O7S. The van der Waals surface area contributed by atoms with E-state index in [2.05, 4.69) is 30.6 Å². The van der Waals surface area contributed by atoms with Crippen LogP contribution in [-0.2, 0) is 25.6 Å². The van der Waals surface area contributed by atoms with E-state index in [4.69, 9.17) is 18.9 Å². The number of ether oxygens (including phenoxy) is 4. The summed E-state index contributed by atoms with van der Waals surface area (Å²) in [4.78, 5) is 42.1. The number of esters is 1. The third-order valence-electron chi connectivity index (χ3n) is 7.82. The van der Waals surface area contributed by atoms with Gasteiger partial charge in [-0.25, -0.2) is 9.59 Å². The fourth-order valence-electron chi connectivity index (χ4n) is 5.56. The molecule has 4 rings (SSSR count). The second-order valence-electron chi connectivity index (χ2n) is 10.6. The Morgan fingerprint density at radius 1 is 0.935 bits per heavy atom. The van der Waals surface area contributed by atoms with Gasteiger partial charge in [0.25, 0.3) is 0 Å². The first-order valence-electron chi connectivity index (χ1n) is 14.9. The van der Waals surface area contributed by atoms with Gasteiger partial charge in [-0.3, -0.25) is 4.79 Å². The molecule has 0 saturated heterocycles. The largest absolute Gasteiger partial charge is 0.497 e. The summed E-state index contributed by atoms with van der Waals surface area (Å²) in [5.41, 5.74) is 5.01. The van der Waals surface area contributed by atoms with E-state index in [0.29, 0.717) is 22.8 Å². The Labute approximate surface area is 274 Å². The summed E-state index contributed by atoms with van der Waals surface area (Å²) in [6.07, 6.45) is 2.61. The molecule has 1 aliphatic rings. The Hall–Kier alpha value is -4.70. The molecule has 3 aromatic carbocycles. The molecule has 0 aliphatic heterocycles. The molecule has 0 unspecified atom stereocenters. The lowest BCUT2D eigenvalue weighted by Gasteiger charge is -2.33. The number of hydrogen-bond acceptors (Lipinski definition) is 8. The van der Waals surface area contributed by atoms with Gasteiger partial charge in [0.1, 0.15) is 30.2 Å². The number of fused-ring (bicyclic) bond motifs is 3. The predicted octanol–water partition coefficient (Wildman–Crippen LogP) is 5.98. The van der Waals surface area contributed by atoms with Crippen LogP contribution in [0.1, 0.15) is 29.0 Å². The summed E-state index contributed by atoms with van der Waals surface area (Å²) in [6, 6.07) is 19.3. The standard InChI is InChI=1S/C36H40N2O7S/c1-6-12-31(37-36(41)45-22-30-28-15-10-8-13-26(28)27-14-9-11-16-29(27)30)34(39)38(32(35(40)44-5)23-46-19-7-2)21-24-17-18-25(42-3)20-33(24)43-4/h6-11,13-18,20,30-32H,1-2,12,19,21-23H2,3-5H3,(H,37,41)/t31-,32-/m0/s1. The summed E-state index contributed by atoms with van der Waals surface area (Å²) in [7, 11) is 4.34. The maximum absolute atomic E-state index is 14.3. The minimum Gasteiger partial charge on any atom is -0.497 e. The van der Waals surface area contributed by atoms with Crippen LogP contribution in [0.15, 0.2) is 92.0 Å². The number of nitrogens with one attached hydrogen (secondary N) is 1. The molecule has 0 spiro atoms. The Balaban J connectivity index is 1.58. The number of nitrogens with zero attached hydrogens (tertiary/aromatic N) is 1. The molecule has 0 aromatic heterocycles. The van der Waals surface area contributed by atoms with Crippen LogP contribution in [0.4, 0.5) is 4.79 Å². The summed E-state index contributed by atoms with van der Waals surface area (Å²) < 4.78 is 21.8. The third kappa shape index (κ3) is 7.92. The monoisotopic (exact) mass is 644 g/mol. The highest BCUT2D eigenvalue weighted by molar-refractivity contribution is 7.99. The number of alkyl carbamates (subject to hydrolysis) is 1. The third-order valence-corrected chi connectivity index (χ3v) is 8.84. The summed E-state index contributed by atoms with van der Waals surface area (Å²) >= 11 is 1.43. The number of thioether (sulfide) groups is 1. The molecule has 242 valence electrons. The minimum atomic E-state index is -1.06. The fraction of sp³-hybridized carbons (Fsp3) is 0.306. The van der Waals surface area contributed by atoms with Gasteiger partial charge >= 0.3 is 12.1 Å². The number of rotatable bonds is 16. The lowest BCUT2D eigenvalue weighted by Crippen LogP contribution is -2.54. The summed E-state index contributed by atoms with van der Waals surface area (Å²) in [6.45, 7) is 7.63. The van der Waals surface area contributed by atoms with Gasteiger partial charge < -0.3 is 29.2 Å². The summed E-state index contributed by atoms with van der Waals surface area (Å²) in [5, 5.41) is 2.73. The SMILES string of the molecule is C=CCSC[C@@H](C(=O)OC)N(Cc1ccc(OC)cc1OC)C(=O)[C@H](CC=C)NC(=O)OCC1c2ccccc2-c2ccccc21. The molecular weight excluding hydrogens is 604 g/mol. The first-order chi connectivity index (χ1) is 22.4. The Morgan fingerprint density at radius 2 is 1.61 bits per heavy atom. The topological polar surface area (TPSA) is 103 Å². The second kappa shape index (κ2) is 16.6. The van der Waals surface area contributed by atoms with Crippen LogP contribution in [0.5, 0.6) is 11.5 Å². The fourth-order valence-corrected chi connectivity index (χ4v) is 6.40. The van der Waals surface area contributed by atoms with E-state index in [1.807, 2.05) is 36.4 Å². The highest BCUT2D eigenvalue weighted by Gasteiger charge is 2.36. The van der Waals surface area contributed by atoms with Crippen molar-refractivity contribution in [2.75, 3.05) is 39.4 Å². The zero-order valence-corrected chi connectivity index (χ0v) is 27.2. The van der Waals surface area contributed by atoms with Crippen molar-refractivity contribution in [3.8, 4) is 22.6 Å². The van der Waals surface area contributed by atoms with Crippen LogP contribution < -0.4 is 14.8 Å². The smallest absolute Gasteiger partial charge is 0.407 e. The van der Waals surface area contributed by atoms with Crippen LogP contribution in [-0.4, -0.2) is 74.4 Å². The van der Waals surface area contributed by atoms with Gasteiger partial charge in [0.15, 0.2) is 0 Å². The highest BCUT2D eigenvalue weighted by Crippen LogP contribution is 2.44. The zero-order chi connectivity index (χ0) is 33.1. The Kier molecular flexibility index (Phi) is 12.3. The van der Waals surface area contributed by atoms with Gasteiger partial charge in [-0.1, -0.05) is 60.7 Å². The van der Waals surface area contributed by atoms with E-state index in [0.717, 1.165) is 22.3 Å². The number of amides is 2. The second-order valence-corrected chi connectivity index (χ2v) is 11.6. The number of benzene rings is 3. The van der Waals surface area contributed by atoms with Gasteiger partial charge in [-0.2, -0.15) is 11.8 Å². The zero-order valence-electron chi connectivity index (χ0n) is 26.4. The molecule has 0 bridgehead atoms. The van der Waals surface area contributed by atoms with E-state index in [1.54, 1.807) is 31.4 Å². The molecule has 0 heterocycles. The van der Waals surface area contributed by atoms with Crippen molar-refractivity contribution in [3.63, 3.8) is 0 Å². The van der Waals surface area contributed by atoms with Crippen molar-refractivity contribution in [1.29, 1.82) is 0 Å². The van der Waals surface area contributed by atoms with Gasteiger partial charge in [0.05, 0.1) is 27.9 Å². The molecule has 46 heavy (non-hydrogen) atoms. The van der Waals surface area contributed by atoms with Crippen molar-refractivity contribution in [3.05, 3.63) is 109 Å². The van der Waals surface area contributed by atoms with Gasteiger partial charge in [-0.15, -0.1) is 13.2 Å². The quantitative estimate of drug-likeness (QED) is 0.116. The first-order valence-corrected chi connectivity index (χ1v) is 16.0. The van der Waals surface area contributed by atoms with Crippen LogP contribution in [0.2, 0.25) is 0 Å². The van der Waals surface area contributed by atoms with E-state index in [-0.39, 0.29) is 31.2 Å². The average Bonchev–Trinajstić information content (AvgIpc) is 3.41. The highest BCUT2D eigenvalue weighted by atomic mass is 32.2. The lowest BCUT2D eigenvalue weighted by molar-refractivity contribution is -0.153. The molecule has 2 atom stereocenters. The Bertz CT molecular complexity index is 1510. The number of hydrogen-bond donors (Lipinski definition) is 1. The van der Waals surface area contributed by atoms with Crippen molar-refractivity contribution in [2.24, 2.45) is 0 Å². The van der Waals surface area contributed by atoms with Gasteiger partial charge in [-0.05, 0) is 40.8 Å². The van der Waals surface area contributed by atoms with Gasteiger partial charge in [0.2, 0.25) is 5.91 Å². The molecule has 1 aliphatic carbocycles. The molecule has 3 aromatic rings. The first kappa shape index (κ1) is 34.2. The molecule has 0 saturated carbocycles. The van der Waals surface area contributed by atoms with Crippen LogP contribution in [0, 0.1) is 0 Å². The number of carbonyl (C=O) groups is 3. The number of methoxy groups -OCH3 is 3. The van der Waals surface area contributed by atoms with E-state index >= 15 is 0 Å². The molecule has 2 amide bonds. The molecule has 9 nitrogen and oxygen atoms in total. The minimum absolute atomic E-state index is 0.000426. The van der Waals surface area contributed by atoms with E-state index < -0.39 is 30.1 Å².